The van der Waals surface area contributed by atoms with Gasteiger partial charge in [-0.25, -0.2) is 12.8 Å². The molecule has 9 heteroatoms. The summed E-state index contributed by atoms with van der Waals surface area (Å²) in [6, 6.07) is 11.7. The third kappa shape index (κ3) is 7.28. The van der Waals surface area contributed by atoms with Crippen LogP contribution in [0.25, 0.3) is 0 Å². The SMILES string of the molecule is CCc1ccccc1N(CC(=O)N(Cc1ccc(F)cc1)[C@@H](CC)C(=O)NC(C)C)S(C)(=O)=O. The van der Waals surface area contributed by atoms with E-state index in [1.807, 2.05) is 32.9 Å². The number of carbonyl (C=O) groups is 2. The third-order valence-corrected chi connectivity index (χ3v) is 6.53. The summed E-state index contributed by atoms with van der Waals surface area (Å²) >= 11 is 0. The van der Waals surface area contributed by atoms with E-state index in [1.54, 1.807) is 31.2 Å². The van der Waals surface area contributed by atoms with Crippen molar-refractivity contribution in [1.29, 1.82) is 0 Å². The molecule has 2 aromatic carbocycles. The maximum atomic E-state index is 13.6. The molecular weight excluding hydrogens is 457 g/mol. The van der Waals surface area contributed by atoms with Gasteiger partial charge in [0.1, 0.15) is 18.4 Å². The number of rotatable bonds is 11. The molecule has 0 saturated heterocycles. The van der Waals surface area contributed by atoms with Crippen LogP contribution in [0.5, 0.6) is 0 Å². The highest BCUT2D eigenvalue weighted by atomic mass is 32.2. The largest absolute Gasteiger partial charge is 0.352 e. The molecule has 2 aromatic rings. The molecule has 0 spiro atoms. The first-order valence-electron chi connectivity index (χ1n) is 11.4. The van der Waals surface area contributed by atoms with Crippen LogP contribution in [0, 0.1) is 5.82 Å². The lowest BCUT2D eigenvalue weighted by Gasteiger charge is -2.33. The summed E-state index contributed by atoms with van der Waals surface area (Å²) in [6.07, 6.45) is 1.97. The molecule has 0 heterocycles. The lowest BCUT2D eigenvalue weighted by atomic mass is 10.1. The third-order valence-electron chi connectivity index (χ3n) is 5.40. The molecule has 1 N–H and O–H groups in total. The fraction of sp³-hybridized carbons (Fsp3) is 0.440. The molecule has 2 rings (SSSR count). The van der Waals surface area contributed by atoms with E-state index in [0.29, 0.717) is 24.1 Å². The Balaban J connectivity index is 2.47. The van der Waals surface area contributed by atoms with E-state index >= 15 is 0 Å². The summed E-state index contributed by atoms with van der Waals surface area (Å²) in [7, 11) is -3.79. The van der Waals surface area contributed by atoms with Gasteiger partial charge in [-0.05, 0) is 56.0 Å². The Labute approximate surface area is 202 Å². The first kappa shape index (κ1) is 27.3. The number of benzene rings is 2. The second-order valence-electron chi connectivity index (χ2n) is 8.49. The van der Waals surface area contributed by atoms with Crippen molar-refractivity contribution in [2.45, 2.75) is 59.2 Å². The Kier molecular flexibility index (Phi) is 9.61. The van der Waals surface area contributed by atoms with Crippen LogP contribution in [0.4, 0.5) is 10.1 Å². The van der Waals surface area contributed by atoms with Crippen molar-refractivity contribution in [2.24, 2.45) is 0 Å². The van der Waals surface area contributed by atoms with E-state index < -0.39 is 34.3 Å². The predicted octanol–water partition coefficient (Wildman–Crippen LogP) is 3.49. The van der Waals surface area contributed by atoms with Crippen molar-refractivity contribution < 1.29 is 22.4 Å². The maximum absolute atomic E-state index is 13.6. The summed E-state index contributed by atoms with van der Waals surface area (Å²) in [5, 5.41) is 2.83. The van der Waals surface area contributed by atoms with Gasteiger partial charge in [0, 0.05) is 12.6 Å². The predicted molar refractivity (Wildman–Crippen MR) is 132 cm³/mol. The topological polar surface area (TPSA) is 86.8 Å². The smallest absolute Gasteiger partial charge is 0.244 e. The van der Waals surface area contributed by atoms with Crippen molar-refractivity contribution in [3.63, 3.8) is 0 Å². The molecule has 0 aromatic heterocycles. The zero-order chi connectivity index (χ0) is 25.5. The van der Waals surface area contributed by atoms with Crippen LogP contribution in [-0.4, -0.2) is 50.0 Å². The zero-order valence-corrected chi connectivity index (χ0v) is 21.2. The molecule has 186 valence electrons. The molecule has 0 radical (unpaired) electrons. The van der Waals surface area contributed by atoms with Crippen molar-refractivity contribution in [2.75, 3.05) is 17.1 Å². The van der Waals surface area contributed by atoms with Gasteiger partial charge in [-0.1, -0.05) is 44.2 Å². The Morgan fingerprint density at radius 3 is 2.18 bits per heavy atom. The molecule has 34 heavy (non-hydrogen) atoms. The van der Waals surface area contributed by atoms with E-state index in [2.05, 4.69) is 5.32 Å². The number of para-hydroxylation sites is 1. The van der Waals surface area contributed by atoms with E-state index in [0.717, 1.165) is 16.1 Å². The van der Waals surface area contributed by atoms with Gasteiger partial charge in [-0.2, -0.15) is 0 Å². The molecule has 0 aliphatic heterocycles. The summed E-state index contributed by atoms with van der Waals surface area (Å²) in [4.78, 5) is 27.9. The zero-order valence-electron chi connectivity index (χ0n) is 20.4. The number of halogens is 1. The van der Waals surface area contributed by atoms with Gasteiger partial charge in [-0.15, -0.1) is 0 Å². The minimum atomic E-state index is -3.79. The van der Waals surface area contributed by atoms with E-state index in [9.17, 15) is 22.4 Å². The normalized spacial score (nSPS) is 12.3. The van der Waals surface area contributed by atoms with Gasteiger partial charge in [-0.3, -0.25) is 13.9 Å². The fourth-order valence-electron chi connectivity index (χ4n) is 3.73. The van der Waals surface area contributed by atoms with Crippen LogP contribution >= 0.6 is 0 Å². The summed E-state index contributed by atoms with van der Waals surface area (Å²) in [5.41, 5.74) is 1.85. The van der Waals surface area contributed by atoms with Crippen molar-refractivity contribution >= 4 is 27.5 Å². The van der Waals surface area contributed by atoms with Crippen LogP contribution in [0.3, 0.4) is 0 Å². The number of hydrogen-bond donors (Lipinski definition) is 1. The number of anilines is 1. The summed E-state index contributed by atoms with van der Waals surface area (Å²) < 4.78 is 39.9. The lowest BCUT2D eigenvalue weighted by molar-refractivity contribution is -0.140. The number of sulfonamides is 1. The second-order valence-corrected chi connectivity index (χ2v) is 10.4. The molecule has 0 unspecified atom stereocenters. The first-order chi connectivity index (χ1) is 16.0. The van der Waals surface area contributed by atoms with Crippen LogP contribution in [0.1, 0.15) is 45.2 Å². The molecule has 0 aliphatic rings. The highest BCUT2D eigenvalue weighted by Gasteiger charge is 2.32. The minimum absolute atomic E-state index is 0.0379. The van der Waals surface area contributed by atoms with E-state index in [1.165, 1.54) is 17.0 Å². The molecule has 7 nitrogen and oxygen atoms in total. The summed E-state index contributed by atoms with van der Waals surface area (Å²) in [6.45, 7) is 6.92. The number of nitrogens with zero attached hydrogens (tertiary/aromatic N) is 2. The van der Waals surface area contributed by atoms with Gasteiger partial charge < -0.3 is 10.2 Å². The maximum Gasteiger partial charge on any atom is 0.244 e. The monoisotopic (exact) mass is 491 g/mol. The Bertz CT molecular complexity index is 1090. The quantitative estimate of drug-likeness (QED) is 0.521. The number of amides is 2. The average Bonchev–Trinajstić information content (AvgIpc) is 2.77. The second kappa shape index (κ2) is 12.0. The fourth-order valence-corrected chi connectivity index (χ4v) is 4.61. The minimum Gasteiger partial charge on any atom is -0.352 e. The number of aryl methyl sites for hydroxylation is 1. The first-order valence-corrected chi connectivity index (χ1v) is 13.2. The molecular formula is C25H34FN3O4S. The number of hydrogen-bond acceptors (Lipinski definition) is 4. The van der Waals surface area contributed by atoms with Gasteiger partial charge in [0.15, 0.2) is 0 Å². The molecule has 1 atom stereocenters. The van der Waals surface area contributed by atoms with Crippen LogP contribution in [0.15, 0.2) is 48.5 Å². The summed E-state index contributed by atoms with van der Waals surface area (Å²) in [5.74, 6) is -1.26. The van der Waals surface area contributed by atoms with Gasteiger partial charge in [0.2, 0.25) is 21.8 Å². The Morgan fingerprint density at radius 1 is 1.03 bits per heavy atom. The molecule has 0 bridgehead atoms. The number of nitrogens with one attached hydrogen (secondary N) is 1. The van der Waals surface area contributed by atoms with Crippen LogP contribution in [-0.2, 0) is 32.6 Å². The Hall–Kier alpha value is -2.94. The molecule has 2 amide bonds. The standard InChI is InChI=1S/C25H34FN3O4S/c1-6-20-10-8-9-11-23(20)29(34(5,32)33)17-24(30)28(16-19-12-14-21(26)15-13-19)22(7-2)25(31)27-18(3)4/h8-15,18,22H,6-7,16-17H2,1-5H3,(H,27,31)/t22-/m0/s1. The average molecular weight is 492 g/mol. The van der Waals surface area contributed by atoms with E-state index in [-0.39, 0.29) is 18.5 Å². The van der Waals surface area contributed by atoms with Crippen molar-refractivity contribution in [3.05, 3.63) is 65.5 Å². The molecule has 0 aliphatic carbocycles. The van der Waals surface area contributed by atoms with Gasteiger partial charge in [0.25, 0.3) is 0 Å². The van der Waals surface area contributed by atoms with Gasteiger partial charge in [0.05, 0.1) is 11.9 Å². The highest BCUT2D eigenvalue weighted by Crippen LogP contribution is 2.24. The van der Waals surface area contributed by atoms with E-state index in [4.69, 9.17) is 0 Å². The number of carbonyl (C=O) groups excluding carboxylic acids is 2. The van der Waals surface area contributed by atoms with Crippen LogP contribution < -0.4 is 9.62 Å². The van der Waals surface area contributed by atoms with Gasteiger partial charge >= 0.3 is 0 Å². The van der Waals surface area contributed by atoms with Crippen molar-refractivity contribution in [3.8, 4) is 0 Å². The lowest BCUT2D eigenvalue weighted by Crippen LogP contribution is -2.53. The van der Waals surface area contributed by atoms with Crippen molar-refractivity contribution in [1.82, 2.24) is 10.2 Å². The van der Waals surface area contributed by atoms with Crippen LogP contribution in [0.2, 0.25) is 0 Å². The Morgan fingerprint density at radius 2 is 1.65 bits per heavy atom. The molecule has 0 saturated carbocycles. The highest BCUT2D eigenvalue weighted by molar-refractivity contribution is 7.92. The molecule has 0 fully saturated rings.